The summed E-state index contributed by atoms with van der Waals surface area (Å²) in [7, 11) is 2.06. The number of furan rings is 1. The van der Waals surface area contributed by atoms with Crippen molar-refractivity contribution in [3.05, 3.63) is 22.6 Å². The fourth-order valence-corrected chi connectivity index (χ4v) is 2.19. The van der Waals surface area contributed by atoms with Gasteiger partial charge in [0.2, 0.25) is 0 Å². The molecule has 1 aromatic heterocycles. The van der Waals surface area contributed by atoms with Gasteiger partial charge in [0, 0.05) is 12.6 Å². The minimum absolute atomic E-state index is 0.0732. The molecule has 0 bridgehead atoms. The molecule has 0 radical (unpaired) electrons. The van der Waals surface area contributed by atoms with E-state index in [0.29, 0.717) is 10.2 Å². The highest BCUT2D eigenvalue weighted by Crippen LogP contribution is 2.18. The number of halogens is 1. The van der Waals surface area contributed by atoms with Crippen molar-refractivity contribution in [1.29, 1.82) is 0 Å². The molecule has 1 atom stereocenters. The molecule has 1 unspecified atom stereocenters. The van der Waals surface area contributed by atoms with Crippen LogP contribution in [-0.4, -0.2) is 37.0 Å². The lowest BCUT2D eigenvalue weighted by molar-refractivity contribution is 0.0936. The molecule has 15 heavy (non-hydrogen) atoms. The van der Waals surface area contributed by atoms with E-state index in [1.807, 2.05) is 0 Å². The highest BCUT2D eigenvalue weighted by molar-refractivity contribution is 9.10. The Morgan fingerprint density at radius 2 is 2.53 bits per heavy atom. The van der Waals surface area contributed by atoms with Gasteiger partial charge in [-0.05, 0) is 42.0 Å². The molecular formula is C10H13BrN2O2. The van der Waals surface area contributed by atoms with E-state index in [1.165, 1.54) is 6.26 Å². The fraction of sp³-hybridized carbons (Fsp3) is 0.500. The van der Waals surface area contributed by atoms with Crippen molar-refractivity contribution in [1.82, 2.24) is 10.2 Å². The van der Waals surface area contributed by atoms with Crippen molar-refractivity contribution in [2.45, 2.75) is 12.5 Å². The average molecular weight is 273 g/mol. The number of carbonyl (C=O) groups excluding carboxylic acids is 1. The van der Waals surface area contributed by atoms with Crippen LogP contribution in [-0.2, 0) is 0 Å². The second-order valence-corrected chi connectivity index (χ2v) is 4.55. The minimum atomic E-state index is -0.0732. The molecule has 0 aliphatic carbocycles. The third-order valence-electron chi connectivity index (χ3n) is 2.59. The van der Waals surface area contributed by atoms with Crippen molar-refractivity contribution < 1.29 is 9.21 Å². The monoisotopic (exact) mass is 272 g/mol. The van der Waals surface area contributed by atoms with E-state index >= 15 is 0 Å². The van der Waals surface area contributed by atoms with Crippen molar-refractivity contribution in [2.75, 3.05) is 20.1 Å². The lowest BCUT2D eigenvalue weighted by atomic mass is 10.2. The van der Waals surface area contributed by atoms with E-state index in [-0.39, 0.29) is 11.9 Å². The summed E-state index contributed by atoms with van der Waals surface area (Å²) < 4.78 is 5.51. The van der Waals surface area contributed by atoms with E-state index in [0.717, 1.165) is 19.5 Å². The first-order valence-corrected chi connectivity index (χ1v) is 5.68. The standard InChI is InChI=1S/C10H13BrN2O2/c1-13-4-2-7(6-13)12-10(14)8-3-5-15-9(8)11/h3,5,7H,2,4,6H2,1H3,(H,12,14). The number of nitrogens with one attached hydrogen (secondary N) is 1. The van der Waals surface area contributed by atoms with Gasteiger partial charge < -0.3 is 14.6 Å². The summed E-state index contributed by atoms with van der Waals surface area (Å²) in [5.41, 5.74) is 0.560. The topological polar surface area (TPSA) is 45.5 Å². The molecule has 1 amide bonds. The zero-order valence-electron chi connectivity index (χ0n) is 8.50. The first-order valence-electron chi connectivity index (χ1n) is 4.89. The maximum Gasteiger partial charge on any atom is 0.256 e. The van der Waals surface area contributed by atoms with Gasteiger partial charge in [0.15, 0.2) is 4.67 Å². The molecule has 2 rings (SSSR count). The zero-order chi connectivity index (χ0) is 10.8. The summed E-state index contributed by atoms with van der Waals surface area (Å²) in [6.45, 7) is 1.96. The Balaban J connectivity index is 1.96. The number of amides is 1. The van der Waals surface area contributed by atoms with Gasteiger partial charge in [-0.2, -0.15) is 0 Å². The van der Waals surface area contributed by atoms with E-state index < -0.39 is 0 Å². The van der Waals surface area contributed by atoms with Crippen molar-refractivity contribution in [3.8, 4) is 0 Å². The number of nitrogens with zero attached hydrogens (tertiary/aromatic N) is 1. The van der Waals surface area contributed by atoms with Crippen LogP contribution >= 0.6 is 15.9 Å². The molecule has 1 N–H and O–H groups in total. The van der Waals surface area contributed by atoms with Crippen molar-refractivity contribution >= 4 is 21.8 Å². The van der Waals surface area contributed by atoms with Crippen molar-refractivity contribution in [3.63, 3.8) is 0 Å². The van der Waals surface area contributed by atoms with Crippen LogP contribution in [0, 0.1) is 0 Å². The summed E-state index contributed by atoms with van der Waals surface area (Å²) in [4.78, 5) is 14.0. The first-order chi connectivity index (χ1) is 7.16. The summed E-state index contributed by atoms with van der Waals surface area (Å²) in [5, 5.41) is 2.98. The highest BCUT2D eigenvalue weighted by atomic mass is 79.9. The largest absolute Gasteiger partial charge is 0.457 e. The predicted octanol–water partition coefficient (Wildman–Crippen LogP) is 1.48. The first kappa shape index (κ1) is 10.7. The summed E-state index contributed by atoms with van der Waals surface area (Å²) in [6, 6.07) is 1.92. The van der Waals surface area contributed by atoms with Gasteiger partial charge in [0.1, 0.15) is 0 Å². The Hall–Kier alpha value is -0.810. The van der Waals surface area contributed by atoms with E-state index in [1.54, 1.807) is 6.07 Å². The molecule has 1 fully saturated rings. The van der Waals surface area contributed by atoms with Crippen LogP contribution in [0.25, 0.3) is 0 Å². The molecule has 0 spiro atoms. The summed E-state index contributed by atoms with van der Waals surface area (Å²) in [6.07, 6.45) is 2.51. The van der Waals surface area contributed by atoms with Gasteiger partial charge >= 0.3 is 0 Å². The maximum absolute atomic E-state index is 11.8. The van der Waals surface area contributed by atoms with Gasteiger partial charge in [-0.15, -0.1) is 0 Å². The second kappa shape index (κ2) is 4.37. The fourth-order valence-electron chi connectivity index (χ4n) is 1.77. The van der Waals surface area contributed by atoms with Gasteiger partial charge in [-0.25, -0.2) is 0 Å². The molecule has 1 aliphatic heterocycles. The van der Waals surface area contributed by atoms with Gasteiger partial charge in [0.05, 0.1) is 11.8 Å². The van der Waals surface area contributed by atoms with E-state index in [9.17, 15) is 4.79 Å². The van der Waals surface area contributed by atoms with Crippen LogP contribution in [0.2, 0.25) is 0 Å². The molecule has 0 saturated carbocycles. The minimum Gasteiger partial charge on any atom is -0.457 e. The molecule has 1 aliphatic rings. The molecule has 2 heterocycles. The van der Waals surface area contributed by atoms with E-state index in [4.69, 9.17) is 4.42 Å². The molecule has 0 aromatic carbocycles. The Bertz CT molecular complexity index is 364. The molecule has 4 nitrogen and oxygen atoms in total. The summed E-state index contributed by atoms with van der Waals surface area (Å²) in [5.74, 6) is -0.0732. The normalized spacial score (nSPS) is 21.9. The van der Waals surface area contributed by atoms with Crippen molar-refractivity contribution in [2.24, 2.45) is 0 Å². The van der Waals surface area contributed by atoms with Gasteiger partial charge in [-0.3, -0.25) is 4.79 Å². The number of rotatable bonds is 2. The lowest BCUT2D eigenvalue weighted by Crippen LogP contribution is -2.36. The highest BCUT2D eigenvalue weighted by Gasteiger charge is 2.22. The third-order valence-corrected chi connectivity index (χ3v) is 3.20. The Morgan fingerprint density at radius 1 is 1.73 bits per heavy atom. The third kappa shape index (κ3) is 2.41. The number of likely N-dealkylation sites (N-methyl/N-ethyl adjacent to an activating group) is 1. The summed E-state index contributed by atoms with van der Waals surface area (Å²) >= 11 is 3.19. The Kier molecular flexibility index (Phi) is 3.11. The van der Waals surface area contributed by atoms with Crippen LogP contribution in [0.1, 0.15) is 16.8 Å². The molecule has 1 saturated heterocycles. The van der Waals surface area contributed by atoms with Crippen LogP contribution in [0.15, 0.2) is 21.4 Å². The second-order valence-electron chi connectivity index (χ2n) is 3.83. The average Bonchev–Trinajstić information content (AvgIpc) is 2.75. The number of hydrogen-bond acceptors (Lipinski definition) is 3. The number of hydrogen-bond donors (Lipinski definition) is 1. The zero-order valence-corrected chi connectivity index (χ0v) is 10.1. The van der Waals surface area contributed by atoms with Crippen LogP contribution in [0.4, 0.5) is 0 Å². The van der Waals surface area contributed by atoms with Crippen LogP contribution in [0.5, 0.6) is 0 Å². The quantitative estimate of drug-likeness (QED) is 0.887. The van der Waals surface area contributed by atoms with Crippen LogP contribution < -0.4 is 5.32 Å². The molecule has 5 heteroatoms. The van der Waals surface area contributed by atoms with Gasteiger partial charge in [0.25, 0.3) is 5.91 Å². The Morgan fingerprint density at radius 3 is 3.07 bits per heavy atom. The smallest absolute Gasteiger partial charge is 0.256 e. The van der Waals surface area contributed by atoms with E-state index in [2.05, 4.69) is 33.2 Å². The van der Waals surface area contributed by atoms with Crippen LogP contribution in [0.3, 0.4) is 0 Å². The maximum atomic E-state index is 11.8. The lowest BCUT2D eigenvalue weighted by Gasteiger charge is -2.11. The number of likely N-dealkylation sites (tertiary alicyclic amines) is 1. The molecule has 1 aromatic rings. The predicted molar refractivity (Wildman–Crippen MR) is 59.8 cm³/mol. The van der Waals surface area contributed by atoms with Gasteiger partial charge in [-0.1, -0.05) is 0 Å². The molecule has 82 valence electrons. The SMILES string of the molecule is CN1CCC(NC(=O)c2ccoc2Br)C1. The Labute approximate surface area is 96.7 Å². The molecular weight excluding hydrogens is 260 g/mol. The number of carbonyl (C=O) groups is 1.